The normalized spacial score (nSPS) is 20.1. The van der Waals surface area contributed by atoms with Crippen LogP contribution in [0.3, 0.4) is 0 Å². The fourth-order valence-electron chi connectivity index (χ4n) is 2.68. The van der Waals surface area contributed by atoms with Gasteiger partial charge in [0.2, 0.25) is 12.7 Å². The molecule has 2 aliphatic rings. The Labute approximate surface area is 118 Å². The van der Waals surface area contributed by atoms with Crippen LogP contribution in [0.15, 0.2) is 18.2 Å². The summed E-state index contributed by atoms with van der Waals surface area (Å²) in [7, 11) is 0. The molecule has 3 rings (SSSR count). The van der Waals surface area contributed by atoms with Gasteiger partial charge in [0, 0.05) is 6.54 Å². The number of amides is 1. The number of ether oxygens (including phenoxy) is 2. The molecule has 0 bridgehead atoms. The van der Waals surface area contributed by atoms with Gasteiger partial charge in [0.05, 0.1) is 6.42 Å². The smallest absolute Gasteiger partial charge is 0.231 e. The summed E-state index contributed by atoms with van der Waals surface area (Å²) in [6.45, 7) is 3.21. The summed E-state index contributed by atoms with van der Waals surface area (Å²) < 4.78 is 10.6. The topological polar surface area (TPSA) is 59.6 Å². The maximum atomic E-state index is 11.9. The molecule has 1 aromatic carbocycles. The molecule has 5 heteroatoms. The van der Waals surface area contributed by atoms with Crippen LogP contribution < -0.4 is 20.1 Å². The van der Waals surface area contributed by atoms with Crippen molar-refractivity contribution in [3.05, 3.63) is 23.8 Å². The van der Waals surface area contributed by atoms with Crippen molar-refractivity contribution in [2.75, 3.05) is 26.4 Å². The van der Waals surface area contributed by atoms with Crippen LogP contribution in [0.25, 0.3) is 0 Å². The zero-order valence-corrected chi connectivity index (χ0v) is 11.5. The van der Waals surface area contributed by atoms with Crippen LogP contribution in [0.4, 0.5) is 0 Å². The maximum absolute atomic E-state index is 11.9. The van der Waals surface area contributed by atoms with E-state index in [4.69, 9.17) is 9.47 Å². The first-order chi connectivity index (χ1) is 9.81. The van der Waals surface area contributed by atoms with E-state index in [0.29, 0.717) is 12.3 Å². The van der Waals surface area contributed by atoms with Gasteiger partial charge in [0.15, 0.2) is 11.5 Å². The van der Waals surface area contributed by atoms with Gasteiger partial charge >= 0.3 is 0 Å². The molecule has 1 aromatic rings. The molecular weight excluding hydrogens is 256 g/mol. The van der Waals surface area contributed by atoms with Gasteiger partial charge in [-0.15, -0.1) is 0 Å². The third-order valence-electron chi connectivity index (χ3n) is 3.84. The number of carbonyl (C=O) groups is 1. The Hall–Kier alpha value is -1.75. The maximum Gasteiger partial charge on any atom is 0.231 e. The van der Waals surface area contributed by atoms with Crippen LogP contribution in [0.1, 0.15) is 18.4 Å². The van der Waals surface area contributed by atoms with Crippen molar-refractivity contribution in [2.24, 2.45) is 5.92 Å². The Morgan fingerprint density at radius 1 is 1.35 bits per heavy atom. The highest BCUT2D eigenvalue weighted by atomic mass is 16.7. The molecule has 0 spiro atoms. The van der Waals surface area contributed by atoms with E-state index in [1.165, 1.54) is 6.42 Å². The Kier molecular flexibility index (Phi) is 4.06. The molecule has 2 N–H and O–H groups in total. The standard InChI is InChI=1S/C15H20N2O3/c18-15(17-6-4-11-3-5-16-9-11)8-12-1-2-13-14(7-12)20-10-19-13/h1-2,7,11,16H,3-6,8-10H2,(H,17,18). The number of fused-ring (bicyclic) bond motifs is 1. The number of benzene rings is 1. The number of rotatable bonds is 5. The molecule has 2 heterocycles. The van der Waals surface area contributed by atoms with Crippen LogP contribution in [0.5, 0.6) is 11.5 Å². The minimum atomic E-state index is 0.0646. The molecule has 0 aromatic heterocycles. The molecule has 0 radical (unpaired) electrons. The Morgan fingerprint density at radius 2 is 2.25 bits per heavy atom. The van der Waals surface area contributed by atoms with Gasteiger partial charge in [0.25, 0.3) is 0 Å². The summed E-state index contributed by atoms with van der Waals surface area (Å²) in [5.74, 6) is 2.26. The van der Waals surface area contributed by atoms with E-state index in [1.807, 2.05) is 18.2 Å². The molecule has 1 saturated heterocycles. The molecule has 108 valence electrons. The van der Waals surface area contributed by atoms with Crippen molar-refractivity contribution >= 4 is 5.91 Å². The van der Waals surface area contributed by atoms with E-state index in [2.05, 4.69) is 10.6 Å². The molecular formula is C15H20N2O3. The van der Waals surface area contributed by atoms with E-state index in [-0.39, 0.29) is 12.7 Å². The van der Waals surface area contributed by atoms with Crippen molar-refractivity contribution in [3.8, 4) is 11.5 Å². The van der Waals surface area contributed by atoms with Crippen molar-refractivity contribution in [2.45, 2.75) is 19.3 Å². The van der Waals surface area contributed by atoms with E-state index >= 15 is 0 Å². The van der Waals surface area contributed by atoms with Gasteiger partial charge in [-0.05, 0) is 49.5 Å². The Bertz CT molecular complexity index is 484. The minimum Gasteiger partial charge on any atom is -0.454 e. The lowest BCUT2D eigenvalue weighted by molar-refractivity contribution is -0.120. The summed E-state index contributed by atoms with van der Waals surface area (Å²) in [6.07, 6.45) is 2.66. The summed E-state index contributed by atoms with van der Waals surface area (Å²) in [5.41, 5.74) is 0.953. The van der Waals surface area contributed by atoms with E-state index in [9.17, 15) is 4.79 Å². The second-order valence-electron chi connectivity index (χ2n) is 5.36. The highest BCUT2D eigenvalue weighted by Gasteiger charge is 2.16. The first kappa shape index (κ1) is 13.2. The summed E-state index contributed by atoms with van der Waals surface area (Å²) in [6, 6.07) is 5.64. The largest absolute Gasteiger partial charge is 0.454 e. The van der Waals surface area contributed by atoms with E-state index in [0.717, 1.165) is 43.1 Å². The number of carbonyl (C=O) groups excluding carboxylic acids is 1. The first-order valence-corrected chi connectivity index (χ1v) is 7.17. The van der Waals surface area contributed by atoms with Crippen molar-refractivity contribution in [1.29, 1.82) is 0 Å². The lowest BCUT2D eigenvalue weighted by atomic mass is 10.1. The molecule has 2 aliphatic heterocycles. The second-order valence-corrected chi connectivity index (χ2v) is 5.36. The van der Waals surface area contributed by atoms with Gasteiger partial charge in [0.1, 0.15) is 0 Å². The van der Waals surface area contributed by atoms with Crippen LogP contribution in [-0.4, -0.2) is 32.3 Å². The van der Waals surface area contributed by atoms with Gasteiger partial charge < -0.3 is 20.1 Å². The van der Waals surface area contributed by atoms with Crippen LogP contribution >= 0.6 is 0 Å². The predicted octanol–water partition coefficient (Wildman–Crippen LogP) is 1.07. The molecule has 1 amide bonds. The van der Waals surface area contributed by atoms with Crippen molar-refractivity contribution < 1.29 is 14.3 Å². The monoisotopic (exact) mass is 276 g/mol. The SMILES string of the molecule is O=C(Cc1ccc2c(c1)OCO2)NCCC1CCNC1. The second kappa shape index (κ2) is 6.13. The molecule has 20 heavy (non-hydrogen) atoms. The third-order valence-corrected chi connectivity index (χ3v) is 3.84. The number of nitrogens with one attached hydrogen (secondary N) is 2. The van der Waals surface area contributed by atoms with Gasteiger partial charge in [-0.3, -0.25) is 4.79 Å². The van der Waals surface area contributed by atoms with Crippen LogP contribution in [-0.2, 0) is 11.2 Å². The summed E-state index contributed by atoms with van der Waals surface area (Å²) in [4.78, 5) is 11.9. The molecule has 0 aliphatic carbocycles. The lowest BCUT2D eigenvalue weighted by Gasteiger charge is -2.09. The lowest BCUT2D eigenvalue weighted by Crippen LogP contribution is -2.27. The predicted molar refractivity (Wildman–Crippen MR) is 74.9 cm³/mol. The summed E-state index contributed by atoms with van der Waals surface area (Å²) >= 11 is 0. The highest BCUT2D eigenvalue weighted by Crippen LogP contribution is 2.32. The Balaban J connectivity index is 1.44. The van der Waals surface area contributed by atoms with Gasteiger partial charge in [-0.1, -0.05) is 6.07 Å². The molecule has 1 fully saturated rings. The van der Waals surface area contributed by atoms with E-state index in [1.54, 1.807) is 0 Å². The Morgan fingerprint density at radius 3 is 3.10 bits per heavy atom. The zero-order valence-electron chi connectivity index (χ0n) is 11.5. The van der Waals surface area contributed by atoms with Crippen LogP contribution in [0.2, 0.25) is 0 Å². The molecule has 0 saturated carbocycles. The van der Waals surface area contributed by atoms with Crippen LogP contribution in [0, 0.1) is 5.92 Å². The van der Waals surface area contributed by atoms with Crippen molar-refractivity contribution in [1.82, 2.24) is 10.6 Å². The average molecular weight is 276 g/mol. The third kappa shape index (κ3) is 3.22. The fourth-order valence-corrected chi connectivity index (χ4v) is 2.68. The summed E-state index contributed by atoms with van der Waals surface area (Å²) in [5, 5.41) is 6.32. The number of hydrogen-bond acceptors (Lipinski definition) is 4. The number of hydrogen-bond donors (Lipinski definition) is 2. The average Bonchev–Trinajstić information content (AvgIpc) is 3.08. The first-order valence-electron chi connectivity index (χ1n) is 7.17. The molecule has 5 nitrogen and oxygen atoms in total. The van der Waals surface area contributed by atoms with E-state index < -0.39 is 0 Å². The fraction of sp³-hybridized carbons (Fsp3) is 0.533. The quantitative estimate of drug-likeness (QED) is 0.844. The van der Waals surface area contributed by atoms with Gasteiger partial charge in [-0.25, -0.2) is 0 Å². The molecule has 1 unspecified atom stereocenters. The highest BCUT2D eigenvalue weighted by molar-refractivity contribution is 5.78. The van der Waals surface area contributed by atoms with Gasteiger partial charge in [-0.2, -0.15) is 0 Å². The minimum absolute atomic E-state index is 0.0646. The van der Waals surface area contributed by atoms with Crippen molar-refractivity contribution in [3.63, 3.8) is 0 Å². The molecule has 1 atom stereocenters. The zero-order chi connectivity index (χ0) is 13.8.